The molecular weight excluding hydrogens is 312 g/mol. The van der Waals surface area contributed by atoms with Crippen LogP contribution < -0.4 is 0 Å². The summed E-state index contributed by atoms with van der Waals surface area (Å²) in [6.07, 6.45) is 19.3. The van der Waals surface area contributed by atoms with Gasteiger partial charge in [0.15, 0.2) is 0 Å². The highest BCUT2D eigenvalue weighted by Crippen LogP contribution is 2.26. The molecule has 0 radical (unpaired) electrons. The molecule has 2 aromatic carbocycles. The maximum absolute atomic E-state index is 2.40. The number of hydrogen-bond acceptors (Lipinski definition) is 0. The molecule has 0 spiro atoms. The summed E-state index contributed by atoms with van der Waals surface area (Å²) in [5.74, 6) is 0. The van der Waals surface area contributed by atoms with Crippen LogP contribution in [0, 0.1) is 0 Å². The lowest BCUT2D eigenvalue weighted by Crippen LogP contribution is -1.97. The molecule has 0 saturated carbocycles. The first-order chi connectivity index (χ1) is 12.9. The topological polar surface area (TPSA) is 0 Å². The van der Waals surface area contributed by atoms with Crippen LogP contribution in [-0.4, -0.2) is 0 Å². The van der Waals surface area contributed by atoms with Crippen LogP contribution in [0.3, 0.4) is 0 Å². The molecule has 0 atom stereocenters. The van der Waals surface area contributed by atoms with E-state index in [-0.39, 0.29) is 0 Å². The van der Waals surface area contributed by atoms with Crippen molar-refractivity contribution in [3.63, 3.8) is 0 Å². The molecule has 0 aliphatic rings. The zero-order valence-electron chi connectivity index (χ0n) is 17.4. The molecule has 0 N–H and O–H groups in total. The van der Waals surface area contributed by atoms with E-state index in [0.717, 1.165) is 0 Å². The third kappa shape index (κ3) is 7.14. The van der Waals surface area contributed by atoms with Gasteiger partial charge in [-0.3, -0.25) is 0 Å². The molecule has 0 aliphatic carbocycles. The normalized spacial score (nSPS) is 11.3. The third-order valence-corrected chi connectivity index (χ3v) is 5.72. The first-order valence-corrected chi connectivity index (χ1v) is 11.4. The van der Waals surface area contributed by atoms with Gasteiger partial charge in [0.2, 0.25) is 0 Å². The van der Waals surface area contributed by atoms with Gasteiger partial charge in [0, 0.05) is 0 Å². The molecule has 0 fully saturated rings. The first-order valence-electron chi connectivity index (χ1n) is 11.4. The SMILES string of the molecule is CCCCCCCCCCCCc1ccc2ccccc2c1CCCC. The largest absolute Gasteiger partial charge is 0.0654 e. The average molecular weight is 353 g/mol. The van der Waals surface area contributed by atoms with Crippen molar-refractivity contribution >= 4 is 10.8 Å². The molecule has 0 unspecified atom stereocenters. The van der Waals surface area contributed by atoms with Crippen molar-refractivity contribution in [1.29, 1.82) is 0 Å². The van der Waals surface area contributed by atoms with E-state index in [9.17, 15) is 0 Å². The van der Waals surface area contributed by atoms with Crippen molar-refractivity contribution in [3.05, 3.63) is 47.5 Å². The average Bonchev–Trinajstić information content (AvgIpc) is 2.68. The van der Waals surface area contributed by atoms with Crippen LogP contribution in [0.4, 0.5) is 0 Å². The van der Waals surface area contributed by atoms with E-state index in [1.165, 1.54) is 101 Å². The van der Waals surface area contributed by atoms with Gasteiger partial charge in [0.25, 0.3) is 0 Å². The van der Waals surface area contributed by atoms with Crippen molar-refractivity contribution < 1.29 is 0 Å². The molecule has 0 bridgehead atoms. The molecule has 0 aliphatic heterocycles. The molecule has 26 heavy (non-hydrogen) atoms. The van der Waals surface area contributed by atoms with Gasteiger partial charge in [-0.1, -0.05) is 114 Å². The highest BCUT2D eigenvalue weighted by atomic mass is 14.1. The van der Waals surface area contributed by atoms with Gasteiger partial charge in [-0.05, 0) is 47.6 Å². The lowest BCUT2D eigenvalue weighted by atomic mass is 9.92. The van der Waals surface area contributed by atoms with Crippen LogP contribution in [-0.2, 0) is 12.8 Å². The minimum absolute atomic E-state index is 1.24. The first kappa shape index (κ1) is 21.0. The predicted molar refractivity (Wildman–Crippen MR) is 118 cm³/mol. The molecule has 0 saturated heterocycles. The smallest absolute Gasteiger partial charge is 0.0149 e. The molecule has 2 aromatic rings. The summed E-state index contributed by atoms with van der Waals surface area (Å²) in [5, 5.41) is 2.90. The third-order valence-electron chi connectivity index (χ3n) is 5.72. The maximum atomic E-state index is 2.40. The van der Waals surface area contributed by atoms with E-state index in [2.05, 4.69) is 50.2 Å². The van der Waals surface area contributed by atoms with E-state index < -0.39 is 0 Å². The highest BCUT2D eigenvalue weighted by Gasteiger charge is 2.07. The minimum Gasteiger partial charge on any atom is -0.0654 e. The standard InChI is InChI=1S/C26H40/c1-3-5-7-8-9-10-11-12-13-14-17-23-21-22-24-18-15-16-20-26(24)25(23)19-6-4-2/h15-16,18,20-22H,3-14,17,19H2,1-2H3. The number of fused-ring (bicyclic) bond motifs is 1. The van der Waals surface area contributed by atoms with Crippen LogP contribution >= 0.6 is 0 Å². The van der Waals surface area contributed by atoms with E-state index in [4.69, 9.17) is 0 Å². The second kappa shape index (κ2) is 13.0. The fourth-order valence-electron chi connectivity index (χ4n) is 4.07. The number of hydrogen-bond donors (Lipinski definition) is 0. The summed E-state index contributed by atoms with van der Waals surface area (Å²) < 4.78 is 0. The van der Waals surface area contributed by atoms with Gasteiger partial charge in [0.05, 0.1) is 0 Å². The summed E-state index contributed by atoms with van der Waals surface area (Å²) in [4.78, 5) is 0. The number of unbranched alkanes of at least 4 members (excludes halogenated alkanes) is 10. The Kier molecular flexibility index (Phi) is 10.5. The second-order valence-corrected chi connectivity index (χ2v) is 7.96. The Bertz CT molecular complexity index is 610. The van der Waals surface area contributed by atoms with Gasteiger partial charge in [-0.25, -0.2) is 0 Å². The van der Waals surface area contributed by atoms with Crippen molar-refractivity contribution in [3.8, 4) is 0 Å². The van der Waals surface area contributed by atoms with Gasteiger partial charge in [0.1, 0.15) is 0 Å². The molecule has 0 heteroatoms. The van der Waals surface area contributed by atoms with Gasteiger partial charge < -0.3 is 0 Å². The van der Waals surface area contributed by atoms with Gasteiger partial charge in [-0.2, -0.15) is 0 Å². The quantitative estimate of drug-likeness (QED) is 0.298. The number of benzene rings is 2. The van der Waals surface area contributed by atoms with Crippen molar-refractivity contribution in [2.75, 3.05) is 0 Å². The van der Waals surface area contributed by atoms with E-state index in [0.29, 0.717) is 0 Å². The second-order valence-electron chi connectivity index (χ2n) is 7.96. The zero-order valence-corrected chi connectivity index (χ0v) is 17.4. The molecule has 144 valence electrons. The Morgan fingerprint density at radius 3 is 1.85 bits per heavy atom. The van der Waals surface area contributed by atoms with Crippen LogP contribution in [0.2, 0.25) is 0 Å². The zero-order chi connectivity index (χ0) is 18.5. The Morgan fingerprint density at radius 1 is 0.538 bits per heavy atom. The van der Waals surface area contributed by atoms with E-state index >= 15 is 0 Å². The molecule has 0 amide bonds. The lowest BCUT2D eigenvalue weighted by Gasteiger charge is -2.13. The predicted octanol–water partition coefficient (Wildman–Crippen LogP) is 8.65. The summed E-state index contributed by atoms with van der Waals surface area (Å²) in [7, 11) is 0. The fraction of sp³-hybridized carbons (Fsp3) is 0.615. The number of rotatable bonds is 14. The molecule has 0 heterocycles. The highest BCUT2D eigenvalue weighted by molar-refractivity contribution is 5.86. The summed E-state index contributed by atoms with van der Waals surface area (Å²) >= 11 is 0. The summed E-state index contributed by atoms with van der Waals surface area (Å²) in [5.41, 5.74) is 3.23. The van der Waals surface area contributed by atoms with E-state index in [1.54, 1.807) is 11.1 Å². The Balaban J connectivity index is 1.75. The van der Waals surface area contributed by atoms with Gasteiger partial charge >= 0.3 is 0 Å². The summed E-state index contributed by atoms with van der Waals surface area (Å²) in [6.45, 7) is 4.59. The lowest BCUT2D eigenvalue weighted by molar-refractivity contribution is 0.556. The maximum Gasteiger partial charge on any atom is -0.0149 e. The molecule has 2 rings (SSSR count). The van der Waals surface area contributed by atoms with Gasteiger partial charge in [-0.15, -0.1) is 0 Å². The Labute approximate surface area is 162 Å². The van der Waals surface area contributed by atoms with Crippen LogP contribution in [0.1, 0.15) is 102 Å². The Hall–Kier alpha value is -1.30. The van der Waals surface area contributed by atoms with Crippen LogP contribution in [0.5, 0.6) is 0 Å². The molecular formula is C26H40. The van der Waals surface area contributed by atoms with Crippen LogP contribution in [0.25, 0.3) is 10.8 Å². The number of aryl methyl sites for hydroxylation is 2. The van der Waals surface area contributed by atoms with Crippen LogP contribution in [0.15, 0.2) is 36.4 Å². The van der Waals surface area contributed by atoms with E-state index in [1.807, 2.05) is 0 Å². The van der Waals surface area contributed by atoms with Crippen molar-refractivity contribution in [2.24, 2.45) is 0 Å². The van der Waals surface area contributed by atoms with Crippen molar-refractivity contribution in [1.82, 2.24) is 0 Å². The Morgan fingerprint density at radius 2 is 1.15 bits per heavy atom. The fourth-order valence-corrected chi connectivity index (χ4v) is 4.07. The monoisotopic (exact) mass is 352 g/mol. The summed E-state index contributed by atoms with van der Waals surface area (Å²) in [6, 6.07) is 13.7. The minimum atomic E-state index is 1.24. The molecule has 0 nitrogen and oxygen atoms in total. The van der Waals surface area contributed by atoms with Crippen molar-refractivity contribution in [2.45, 2.75) is 104 Å². The molecule has 0 aromatic heterocycles.